The number of carbonyl (C=O) groups is 1. The summed E-state index contributed by atoms with van der Waals surface area (Å²) in [5, 5.41) is 14.5. The van der Waals surface area contributed by atoms with E-state index in [4.69, 9.17) is 4.52 Å². The third-order valence-electron chi connectivity index (χ3n) is 5.84. The first-order chi connectivity index (χ1) is 13.0. The molecular formula is C21H27N3O3. The maximum absolute atomic E-state index is 13.1. The van der Waals surface area contributed by atoms with Gasteiger partial charge in [-0.05, 0) is 57.5 Å². The normalized spacial score (nSPS) is 23.7. The van der Waals surface area contributed by atoms with Crippen LogP contribution in [0.4, 0.5) is 0 Å². The van der Waals surface area contributed by atoms with Crippen LogP contribution >= 0.6 is 0 Å². The number of hydrogen-bond donors (Lipinski definition) is 1. The van der Waals surface area contributed by atoms with Crippen LogP contribution in [-0.2, 0) is 0 Å². The van der Waals surface area contributed by atoms with Gasteiger partial charge in [0.15, 0.2) is 0 Å². The van der Waals surface area contributed by atoms with E-state index >= 15 is 0 Å². The summed E-state index contributed by atoms with van der Waals surface area (Å²) in [5.74, 6) is 0.723. The molecule has 0 unspecified atom stereocenters. The number of aryl methyl sites for hydroxylation is 2. The Hall–Kier alpha value is -2.18. The molecule has 1 amide bonds. The van der Waals surface area contributed by atoms with Crippen LogP contribution in [0.5, 0.6) is 0 Å². The van der Waals surface area contributed by atoms with Crippen LogP contribution in [0.2, 0.25) is 0 Å². The lowest BCUT2D eigenvalue weighted by molar-refractivity contribution is 0.0702. The van der Waals surface area contributed by atoms with Crippen molar-refractivity contribution in [3.05, 3.63) is 41.3 Å². The highest BCUT2D eigenvalue weighted by Gasteiger charge is 2.38. The van der Waals surface area contributed by atoms with Crippen molar-refractivity contribution in [2.24, 2.45) is 0 Å². The number of β-amino-alcohol motifs (C(OH)–C–C–N with tert-alkyl or cyclic N) is 1. The molecule has 2 aliphatic heterocycles. The largest absolute Gasteiger partial charge is 0.390 e. The summed E-state index contributed by atoms with van der Waals surface area (Å²) in [6.45, 7) is 6.81. The summed E-state index contributed by atoms with van der Waals surface area (Å²) in [6, 6.07) is 7.65. The Bertz CT molecular complexity index is 806. The van der Waals surface area contributed by atoms with Crippen LogP contribution < -0.4 is 0 Å². The minimum atomic E-state index is -0.474. The molecule has 0 radical (unpaired) electrons. The van der Waals surface area contributed by atoms with E-state index in [0.717, 1.165) is 35.7 Å². The van der Waals surface area contributed by atoms with E-state index < -0.39 is 6.10 Å². The summed E-state index contributed by atoms with van der Waals surface area (Å²) in [7, 11) is 0. The maximum atomic E-state index is 13.1. The predicted octanol–water partition coefficient (Wildman–Crippen LogP) is 2.63. The molecule has 1 aromatic carbocycles. The number of likely N-dealkylation sites (tertiary alicyclic amines) is 2. The highest BCUT2D eigenvalue weighted by molar-refractivity contribution is 5.96. The van der Waals surface area contributed by atoms with E-state index in [2.05, 4.69) is 10.1 Å². The van der Waals surface area contributed by atoms with E-state index in [1.807, 2.05) is 38.1 Å². The number of amides is 1. The van der Waals surface area contributed by atoms with Gasteiger partial charge in [0, 0.05) is 24.2 Å². The minimum Gasteiger partial charge on any atom is -0.390 e. The quantitative estimate of drug-likeness (QED) is 0.901. The van der Waals surface area contributed by atoms with Gasteiger partial charge < -0.3 is 14.5 Å². The first-order valence-electron chi connectivity index (χ1n) is 9.79. The van der Waals surface area contributed by atoms with Crippen molar-refractivity contribution in [3.63, 3.8) is 0 Å². The van der Waals surface area contributed by atoms with E-state index in [9.17, 15) is 9.90 Å². The Morgan fingerprint density at radius 2 is 1.96 bits per heavy atom. The summed E-state index contributed by atoms with van der Waals surface area (Å²) >= 11 is 0. The average Bonchev–Trinajstić information content (AvgIpc) is 3.24. The van der Waals surface area contributed by atoms with Crippen LogP contribution in [-0.4, -0.2) is 64.3 Å². The molecule has 1 N–H and O–H groups in total. The number of hydrogen-bond acceptors (Lipinski definition) is 5. The first kappa shape index (κ1) is 18.2. The lowest BCUT2D eigenvalue weighted by atomic mass is 10.0. The molecule has 2 atom stereocenters. The second-order valence-corrected chi connectivity index (χ2v) is 7.72. The van der Waals surface area contributed by atoms with E-state index in [0.29, 0.717) is 18.7 Å². The molecule has 2 saturated heterocycles. The fourth-order valence-electron chi connectivity index (χ4n) is 4.43. The van der Waals surface area contributed by atoms with Crippen molar-refractivity contribution in [3.8, 4) is 11.1 Å². The van der Waals surface area contributed by atoms with Crippen molar-refractivity contribution >= 4 is 5.91 Å². The maximum Gasteiger partial charge on any atom is 0.254 e. The summed E-state index contributed by atoms with van der Waals surface area (Å²) in [4.78, 5) is 17.2. The van der Waals surface area contributed by atoms with Gasteiger partial charge in [-0.3, -0.25) is 9.69 Å². The van der Waals surface area contributed by atoms with Gasteiger partial charge >= 0.3 is 0 Å². The molecule has 0 saturated carbocycles. The van der Waals surface area contributed by atoms with Crippen LogP contribution in [0.3, 0.4) is 0 Å². The SMILES string of the molecule is Cc1noc(C)c1-c1cccc(C(=O)N2C[C@H](O)[C@@H](N3CCCCC3)C2)c1. The van der Waals surface area contributed by atoms with E-state index in [1.54, 1.807) is 4.90 Å². The molecule has 3 heterocycles. The molecule has 6 nitrogen and oxygen atoms in total. The van der Waals surface area contributed by atoms with Gasteiger partial charge in [-0.25, -0.2) is 0 Å². The zero-order valence-corrected chi connectivity index (χ0v) is 16.0. The lowest BCUT2D eigenvalue weighted by Crippen LogP contribution is -2.46. The van der Waals surface area contributed by atoms with Gasteiger partial charge in [-0.1, -0.05) is 23.7 Å². The zero-order valence-electron chi connectivity index (χ0n) is 16.0. The number of nitrogens with zero attached hydrogens (tertiary/aromatic N) is 3. The fraction of sp³-hybridized carbons (Fsp3) is 0.524. The number of aliphatic hydroxyl groups excluding tert-OH is 1. The smallest absolute Gasteiger partial charge is 0.254 e. The molecular weight excluding hydrogens is 342 g/mol. The topological polar surface area (TPSA) is 69.8 Å². The van der Waals surface area contributed by atoms with E-state index in [1.165, 1.54) is 19.3 Å². The Morgan fingerprint density at radius 1 is 1.19 bits per heavy atom. The highest BCUT2D eigenvalue weighted by atomic mass is 16.5. The third kappa shape index (κ3) is 3.51. The Balaban J connectivity index is 1.52. The molecule has 1 aromatic heterocycles. The molecule has 0 bridgehead atoms. The zero-order chi connectivity index (χ0) is 19.0. The number of aromatic nitrogens is 1. The highest BCUT2D eigenvalue weighted by Crippen LogP contribution is 2.28. The van der Waals surface area contributed by atoms with Gasteiger partial charge in [-0.15, -0.1) is 0 Å². The van der Waals surface area contributed by atoms with E-state index in [-0.39, 0.29) is 11.9 Å². The molecule has 2 aromatic rings. The van der Waals surface area contributed by atoms with Gasteiger partial charge in [0.25, 0.3) is 5.91 Å². The Kier molecular flexibility index (Phi) is 5.02. The summed E-state index contributed by atoms with van der Waals surface area (Å²) in [6.07, 6.45) is 3.14. The standard InChI is InChI=1S/C21H27N3O3/c1-14-20(15(2)27-22-14)16-7-6-8-17(11-16)21(26)24-12-18(19(25)13-24)23-9-4-3-5-10-23/h6-8,11,18-19,25H,3-5,9-10,12-13H2,1-2H3/t18-,19-/m0/s1. The van der Waals surface area contributed by atoms with Crippen molar-refractivity contribution in [1.29, 1.82) is 0 Å². The minimum absolute atomic E-state index is 0.0258. The lowest BCUT2D eigenvalue weighted by Gasteiger charge is -2.33. The van der Waals surface area contributed by atoms with Crippen molar-refractivity contribution in [1.82, 2.24) is 15.0 Å². The van der Waals surface area contributed by atoms with Crippen LogP contribution in [0, 0.1) is 13.8 Å². The monoisotopic (exact) mass is 369 g/mol. The molecule has 4 rings (SSSR count). The number of piperidine rings is 1. The third-order valence-corrected chi connectivity index (χ3v) is 5.84. The average molecular weight is 369 g/mol. The molecule has 27 heavy (non-hydrogen) atoms. The first-order valence-corrected chi connectivity index (χ1v) is 9.79. The van der Waals surface area contributed by atoms with Gasteiger partial charge in [0.2, 0.25) is 0 Å². The van der Waals surface area contributed by atoms with Gasteiger partial charge in [-0.2, -0.15) is 0 Å². The van der Waals surface area contributed by atoms with Crippen LogP contribution in [0.25, 0.3) is 11.1 Å². The molecule has 2 aliphatic rings. The Labute approximate surface area is 159 Å². The number of aliphatic hydroxyl groups is 1. The second-order valence-electron chi connectivity index (χ2n) is 7.72. The van der Waals surface area contributed by atoms with Gasteiger partial charge in [0.05, 0.1) is 17.8 Å². The molecule has 0 aliphatic carbocycles. The number of rotatable bonds is 3. The molecule has 144 valence electrons. The molecule has 0 spiro atoms. The Morgan fingerprint density at radius 3 is 2.67 bits per heavy atom. The van der Waals surface area contributed by atoms with Crippen LogP contribution in [0.1, 0.15) is 41.1 Å². The molecule has 2 fully saturated rings. The van der Waals surface area contributed by atoms with Crippen molar-refractivity contribution in [2.75, 3.05) is 26.2 Å². The predicted molar refractivity (Wildman–Crippen MR) is 103 cm³/mol. The molecule has 6 heteroatoms. The summed E-state index contributed by atoms with van der Waals surface area (Å²) in [5.41, 5.74) is 3.33. The second kappa shape index (κ2) is 7.44. The van der Waals surface area contributed by atoms with Crippen molar-refractivity contribution < 1.29 is 14.4 Å². The van der Waals surface area contributed by atoms with Crippen molar-refractivity contribution in [2.45, 2.75) is 45.3 Å². The number of carbonyl (C=O) groups excluding carboxylic acids is 1. The number of benzene rings is 1. The van der Waals surface area contributed by atoms with Gasteiger partial charge in [0.1, 0.15) is 5.76 Å². The van der Waals surface area contributed by atoms with Crippen LogP contribution in [0.15, 0.2) is 28.8 Å². The fourth-order valence-corrected chi connectivity index (χ4v) is 4.43. The summed E-state index contributed by atoms with van der Waals surface area (Å²) < 4.78 is 5.26.